The van der Waals surface area contributed by atoms with Crippen LogP contribution in [0.2, 0.25) is 0 Å². The Hall–Kier alpha value is -2.41. The molecule has 1 aromatic heterocycles. The minimum atomic E-state index is -1.18. The summed E-state index contributed by atoms with van der Waals surface area (Å²) < 4.78 is 5.75. The van der Waals surface area contributed by atoms with E-state index in [0.717, 1.165) is 16.9 Å². The quantitative estimate of drug-likeness (QED) is 0.711. The molecule has 0 bridgehead atoms. The van der Waals surface area contributed by atoms with Crippen molar-refractivity contribution in [3.8, 4) is 5.75 Å². The molecule has 0 aliphatic carbocycles. The highest BCUT2D eigenvalue weighted by Crippen LogP contribution is 2.23. The van der Waals surface area contributed by atoms with E-state index in [1.807, 2.05) is 26.8 Å². The van der Waals surface area contributed by atoms with Gasteiger partial charge in [0.25, 0.3) is 0 Å². The summed E-state index contributed by atoms with van der Waals surface area (Å²) in [7, 11) is 0. The number of nitrogens with zero attached hydrogens (tertiary/aromatic N) is 1. The average Bonchev–Trinajstić information content (AvgIpc) is 2.94. The molecule has 1 heterocycles. The number of carboxylic acid groups (broad SMARTS) is 1. The van der Waals surface area contributed by atoms with Gasteiger partial charge in [0, 0.05) is 17.8 Å². The van der Waals surface area contributed by atoms with E-state index < -0.39 is 5.97 Å². The van der Waals surface area contributed by atoms with Crippen LogP contribution in [0.4, 0.5) is 0 Å². The zero-order valence-corrected chi connectivity index (χ0v) is 15.4. The third kappa shape index (κ3) is 5.86. The van der Waals surface area contributed by atoms with Crippen LogP contribution < -0.4 is 15.2 Å². The lowest BCUT2D eigenvalue weighted by Gasteiger charge is -2.12. The van der Waals surface area contributed by atoms with E-state index >= 15 is 0 Å². The number of benzene rings is 1. The van der Waals surface area contributed by atoms with Crippen molar-refractivity contribution in [2.75, 3.05) is 13.2 Å². The highest BCUT2D eigenvalue weighted by atomic mass is 32.1. The largest absolute Gasteiger partial charge is 0.550 e. The van der Waals surface area contributed by atoms with Crippen LogP contribution in [0.5, 0.6) is 5.75 Å². The minimum absolute atomic E-state index is 0.125. The fourth-order valence-electron chi connectivity index (χ4n) is 2.36. The number of amides is 1. The van der Waals surface area contributed by atoms with Gasteiger partial charge in [0.15, 0.2) is 0 Å². The highest BCUT2D eigenvalue weighted by molar-refractivity contribution is 7.09. The van der Waals surface area contributed by atoms with Crippen molar-refractivity contribution < 1.29 is 19.4 Å². The average molecular weight is 361 g/mol. The molecular formula is C18H21N2O4S-. The number of thiazole rings is 1. The summed E-state index contributed by atoms with van der Waals surface area (Å²) in [5, 5.41) is 15.5. The maximum atomic E-state index is 11.9. The zero-order chi connectivity index (χ0) is 18.4. The molecule has 2 aromatic rings. The van der Waals surface area contributed by atoms with Gasteiger partial charge in [-0.25, -0.2) is 4.98 Å². The number of hydrogen-bond acceptors (Lipinski definition) is 6. The van der Waals surface area contributed by atoms with E-state index in [1.165, 1.54) is 16.9 Å². The lowest BCUT2D eigenvalue weighted by atomic mass is 10.1. The van der Waals surface area contributed by atoms with Gasteiger partial charge in [-0.05, 0) is 43.5 Å². The van der Waals surface area contributed by atoms with Crippen LogP contribution in [0.15, 0.2) is 17.5 Å². The molecule has 25 heavy (non-hydrogen) atoms. The molecular weight excluding hydrogens is 340 g/mol. The number of aromatic nitrogens is 1. The Labute approximate surface area is 150 Å². The van der Waals surface area contributed by atoms with Crippen molar-refractivity contribution in [3.05, 3.63) is 44.9 Å². The lowest BCUT2D eigenvalue weighted by molar-refractivity contribution is -0.304. The van der Waals surface area contributed by atoms with E-state index in [4.69, 9.17) is 4.74 Å². The number of ether oxygens (including phenoxy) is 1. The summed E-state index contributed by atoms with van der Waals surface area (Å²) >= 11 is 1.27. The summed E-state index contributed by atoms with van der Waals surface area (Å²) in [6.07, 6.45) is -0.110. The molecule has 0 saturated heterocycles. The molecule has 0 saturated carbocycles. The Bertz CT molecular complexity index is 770. The second kappa shape index (κ2) is 8.62. The van der Waals surface area contributed by atoms with Crippen molar-refractivity contribution in [2.24, 2.45) is 0 Å². The first-order chi connectivity index (χ1) is 11.8. The summed E-state index contributed by atoms with van der Waals surface area (Å²) in [6.45, 7) is 6.84. The monoisotopic (exact) mass is 361 g/mol. The number of carboxylic acids is 1. The maximum absolute atomic E-state index is 11.9. The molecule has 7 heteroatoms. The fourth-order valence-corrected chi connectivity index (χ4v) is 3.15. The number of aliphatic carboxylic acids is 1. The predicted molar refractivity (Wildman–Crippen MR) is 93.7 cm³/mol. The number of nitrogens with one attached hydrogen (secondary N) is 1. The predicted octanol–water partition coefficient (Wildman–Crippen LogP) is 1.10. The molecule has 134 valence electrons. The van der Waals surface area contributed by atoms with Gasteiger partial charge in [0.1, 0.15) is 17.4 Å². The summed E-state index contributed by atoms with van der Waals surface area (Å²) in [5.41, 5.74) is 3.83. The number of carbonyl (C=O) groups excluding carboxylic acids is 2. The molecule has 0 radical (unpaired) electrons. The van der Waals surface area contributed by atoms with E-state index in [9.17, 15) is 14.7 Å². The number of carbonyl (C=O) groups is 2. The number of aryl methyl sites for hydroxylation is 2. The first-order valence-electron chi connectivity index (χ1n) is 7.95. The van der Waals surface area contributed by atoms with Crippen molar-refractivity contribution in [1.82, 2.24) is 10.3 Å². The van der Waals surface area contributed by atoms with E-state index in [1.54, 1.807) is 5.38 Å². The second-order valence-electron chi connectivity index (χ2n) is 5.86. The normalized spacial score (nSPS) is 10.5. The van der Waals surface area contributed by atoms with Crippen LogP contribution >= 0.6 is 11.3 Å². The molecule has 0 atom stereocenters. The molecule has 0 aliphatic heterocycles. The Balaban J connectivity index is 1.75. The summed E-state index contributed by atoms with van der Waals surface area (Å²) in [6, 6.07) is 4.09. The van der Waals surface area contributed by atoms with E-state index in [0.29, 0.717) is 23.9 Å². The third-order valence-corrected chi connectivity index (χ3v) is 4.58. The standard InChI is InChI=1S/C18H22N2O4S/c1-11-6-12(2)13(3)15(7-11)24-5-4-19-16(21)9-17-20-14(10-25-17)8-18(22)23/h6-7,10H,4-5,8-9H2,1-3H3,(H,19,21)(H,22,23)/p-1. The molecule has 1 aromatic carbocycles. The van der Waals surface area contributed by atoms with Crippen molar-refractivity contribution in [2.45, 2.75) is 33.6 Å². The molecule has 1 N–H and O–H groups in total. The molecule has 0 spiro atoms. The van der Waals surface area contributed by atoms with Gasteiger partial charge in [0.2, 0.25) is 5.91 Å². The highest BCUT2D eigenvalue weighted by Gasteiger charge is 2.09. The summed E-state index contributed by atoms with van der Waals surface area (Å²) in [5.74, 6) is -0.520. The van der Waals surface area contributed by atoms with Gasteiger partial charge >= 0.3 is 0 Å². The molecule has 0 unspecified atom stereocenters. The van der Waals surface area contributed by atoms with Crippen molar-refractivity contribution in [3.63, 3.8) is 0 Å². The van der Waals surface area contributed by atoms with Crippen molar-refractivity contribution >= 4 is 23.2 Å². The smallest absolute Gasteiger partial charge is 0.226 e. The zero-order valence-electron chi connectivity index (χ0n) is 14.5. The van der Waals surface area contributed by atoms with Gasteiger partial charge in [0.05, 0.1) is 18.7 Å². The van der Waals surface area contributed by atoms with Gasteiger partial charge < -0.3 is 20.0 Å². The van der Waals surface area contributed by atoms with Crippen LogP contribution in [-0.2, 0) is 22.4 Å². The fraction of sp³-hybridized carbons (Fsp3) is 0.389. The topological polar surface area (TPSA) is 91.3 Å². The van der Waals surface area contributed by atoms with Gasteiger partial charge in [-0.1, -0.05) is 6.07 Å². The first kappa shape index (κ1) is 18.9. The summed E-state index contributed by atoms with van der Waals surface area (Å²) in [4.78, 5) is 26.5. The molecule has 0 fully saturated rings. The molecule has 0 aliphatic rings. The van der Waals surface area contributed by atoms with Crippen LogP contribution in [0.1, 0.15) is 27.4 Å². The second-order valence-corrected chi connectivity index (χ2v) is 6.80. The molecule has 6 nitrogen and oxygen atoms in total. The Morgan fingerprint density at radius 1 is 1.24 bits per heavy atom. The van der Waals surface area contributed by atoms with Gasteiger partial charge in [-0.15, -0.1) is 11.3 Å². The Kier molecular flexibility index (Phi) is 6.52. The maximum Gasteiger partial charge on any atom is 0.226 e. The Morgan fingerprint density at radius 3 is 2.72 bits per heavy atom. The molecule has 2 rings (SSSR count). The number of hydrogen-bond donors (Lipinski definition) is 1. The minimum Gasteiger partial charge on any atom is -0.550 e. The van der Waals surface area contributed by atoms with Gasteiger partial charge in [-0.2, -0.15) is 0 Å². The molecule has 1 amide bonds. The Morgan fingerprint density at radius 2 is 2.00 bits per heavy atom. The van der Waals surface area contributed by atoms with Crippen LogP contribution in [0, 0.1) is 20.8 Å². The number of rotatable bonds is 8. The van der Waals surface area contributed by atoms with Gasteiger partial charge in [-0.3, -0.25) is 4.79 Å². The lowest BCUT2D eigenvalue weighted by Crippen LogP contribution is -2.29. The SMILES string of the molecule is Cc1cc(C)c(C)c(OCCNC(=O)Cc2nc(CC(=O)[O-])cs2)c1. The van der Waals surface area contributed by atoms with Crippen LogP contribution in [0.25, 0.3) is 0 Å². The van der Waals surface area contributed by atoms with E-state index in [2.05, 4.69) is 16.4 Å². The van der Waals surface area contributed by atoms with Crippen LogP contribution in [-0.4, -0.2) is 30.0 Å². The third-order valence-electron chi connectivity index (χ3n) is 3.68. The van der Waals surface area contributed by atoms with Crippen LogP contribution in [0.3, 0.4) is 0 Å². The first-order valence-corrected chi connectivity index (χ1v) is 8.83. The van der Waals surface area contributed by atoms with Crippen molar-refractivity contribution in [1.29, 1.82) is 0 Å². The van der Waals surface area contributed by atoms with E-state index in [-0.39, 0.29) is 18.7 Å².